The Balaban J connectivity index is 1.60. The van der Waals surface area contributed by atoms with E-state index in [1.54, 1.807) is 12.1 Å². The van der Waals surface area contributed by atoms with Crippen molar-refractivity contribution in [1.82, 2.24) is 15.0 Å². The number of hydrogen-bond donors (Lipinski definition) is 3. The van der Waals surface area contributed by atoms with Crippen molar-refractivity contribution in [2.45, 2.75) is 25.4 Å². The molecule has 158 valence electrons. The second-order valence-electron chi connectivity index (χ2n) is 7.14. The van der Waals surface area contributed by atoms with Gasteiger partial charge in [-0.3, -0.25) is 24.5 Å². The van der Waals surface area contributed by atoms with Gasteiger partial charge in [-0.05, 0) is 17.5 Å². The van der Waals surface area contributed by atoms with E-state index < -0.39 is 28.1 Å². The van der Waals surface area contributed by atoms with E-state index in [-0.39, 0.29) is 29.9 Å². The molecular weight excluding hydrogens is 402 g/mol. The second-order valence-corrected chi connectivity index (χ2v) is 7.14. The fourth-order valence-electron chi connectivity index (χ4n) is 3.56. The first-order chi connectivity index (χ1) is 14.9. The van der Waals surface area contributed by atoms with Gasteiger partial charge < -0.3 is 10.5 Å². The number of aromatic nitrogens is 2. The normalized spacial score (nSPS) is 15.4. The molecule has 3 N–H and O–H groups in total. The van der Waals surface area contributed by atoms with Gasteiger partial charge in [0.25, 0.3) is 11.2 Å². The fraction of sp³-hybridized carbons (Fsp3) is 0.190. The van der Waals surface area contributed by atoms with Gasteiger partial charge in [-0.25, -0.2) is 4.79 Å². The predicted molar refractivity (Wildman–Crippen MR) is 113 cm³/mol. The van der Waals surface area contributed by atoms with Crippen molar-refractivity contribution in [2.75, 3.05) is 0 Å². The molecule has 0 amide bonds. The Hall–Kier alpha value is -4.21. The molecule has 1 aromatic heterocycles. The summed E-state index contributed by atoms with van der Waals surface area (Å²) in [7, 11) is 0. The lowest BCUT2D eigenvalue weighted by Gasteiger charge is -2.12. The molecule has 4 rings (SSSR count). The summed E-state index contributed by atoms with van der Waals surface area (Å²) in [5.74, 6) is -0.454. The SMILES string of the molecule is O=c1[nH]c(=O)n(CCc2ccccc2)c(O)c1C1=NN[C@H](c2cccc([N+](=O)[O-])c2)C1. The topological polar surface area (TPSA) is 143 Å². The summed E-state index contributed by atoms with van der Waals surface area (Å²) in [6.07, 6.45) is 0.704. The molecule has 10 nitrogen and oxygen atoms in total. The lowest BCUT2D eigenvalue weighted by molar-refractivity contribution is -0.384. The van der Waals surface area contributed by atoms with Crippen molar-refractivity contribution in [3.8, 4) is 5.88 Å². The highest BCUT2D eigenvalue weighted by Crippen LogP contribution is 2.28. The van der Waals surface area contributed by atoms with E-state index in [4.69, 9.17) is 0 Å². The van der Waals surface area contributed by atoms with Gasteiger partial charge in [0.2, 0.25) is 5.88 Å². The largest absolute Gasteiger partial charge is 0.494 e. The lowest BCUT2D eigenvalue weighted by Crippen LogP contribution is -2.34. The van der Waals surface area contributed by atoms with E-state index in [1.807, 2.05) is 30.3 Å². The van der Waals surface area contributed by atoms with Gasteiger partial charge in [-0.1, -0.05) is 42.5 Å². The van der Waals surface area contributed by atoms with Gasteiger partial charge >= 0.3 is 5.69 Å². The Morgan fingerprint density at radius 1 is 1.16 bits per heavy atom. The van der Waals surface area contributed by atoms with Gasteiger partial charge in [0, 0.05) is 25.1 Å². The number of aromatic hydroxyl groups is 1. The van der Waals surface area contributed by atoms with Crippen LogP contribution in [-0.2, 0) is 13.0 Å². The maximum atomic E-state index is 12.4. The molecular formula is C21H19N5O5. The number of nitro groups is 1. The van der Waals surface area contributed by atoms with Crippen molar-refractivity contribution in [1.29, 1.82) is 0 Å². The third-order valence-electron chi connectivity index (χ3n) is 5.16. The maximum Gasteiger partial charge on any atom is 0.331 e. The summed E-state index contributed by atoms with van der Waals surface area (Å²) in [4.78, 5) is 37.5. The van der Waals surface area contributed by atoms with Crippen LogP contribution in [0.3, 0.4) is 0 Å². The second kappa shape index (κ2) is 8.27. The van der Waals surface area contributed by atoms with Crippen LogP contribution in [0.25, 0.3) is 0 Å². The molecule has 2 heterocycles. The monoisotopic (exact) mass is 421 g/mol. The molecule has 1 aliphatic heterocycles. The highest BCUT2D eigenvalue weighted by Gasteiger charge is 2.28. The number of aryl methyl sites for hydroxylation is 1. The molecule has 0 saturated heterocycles. The minimum Gasteiger partial charge on any atom is -0.494 e. The highest BCUT2D eigenvalue weighted by atomic mass is 16.6. The smallest absolute Gasteiger partial charge is 0.331 e. The summed E-state index contributed by atoms with van der Waals surface area (Å²) in [6, 6.07) is 15.2. The third kappa shape index (κ3) is 4.08. The highest BCUT2D eigenvalue weighted by molar-refractivity contribution is 6.03. The zero-order chi connectivity index (χ0) is 22.0. The van der Waals surface area contributed by atoms with E-state index in [1.165, 1.54) is 12.1 Å². The molecule has 10 heteroatoms. The van der Waals surface area contributed by atoms with Crippen LogP contribution in [-0.4, -0.2) is 25.3 Å². The average Bonchev–Trinajstić information content (AvgIpc) is 3.24. The molecule has 0 radical (unpaired) electrons. The quantitative estimate of drug-likeness (QED) is 0.409. The molecule has 0 unspecified atom stereocenters. The molecule has 0 spiro atoms. The molecule has 0 bridgehead atoms. The van der Waals surface area contributed by atoms with Crippen molar-refractivity contribution in [3.63, 3.8) is 0 Å². The summed E-state index contributed by atoms with van der Waals surface area (Å²) >= 11 is 0. The number of hydrazone groups is 1. The zero-order valence-electron chi connectivity index (χ0n) is 16.3. The Labute approximate surface area is 175 Å². The molecule has 0 aliphatic carbocycles. The van der Waals surface area contributed by atoms with Gasteiger partial charge in [0.05, 0.1) is 16.7 Å². The molecule has 1 aliphatic rings. The molecule has 0 saturated carbocycles. The first-order valence-corrected chi connectivity index (χ1v) is 9.61. The van der Waals surface area contributed by atoms with Crippen molar-refractivity contribution < 1.29 is 10.0 Å². The van der Waals surface area contributed by atoms with E-state index in [9.17, 15) is 24.8 Å². The number of hydrogen-bond acceptors (Lipinski definition) is 7. The molecule has 0 fully saturated rings. The molecule has 31 heavy (non-hydrogen) atoms. The van der Waals surface area contributed by atoms with Crippen LogP contribution < -0.4 is 16.7 Å². The van der Waals surface area contributed by atoms with Gasteiger partial charge in [0.15, 0.2) is 0 Å². The third-order valence-corrected chi connectivity index (χ3v) is 5.16. The maximum absolute atomic E-state index is 12.4. The number of rotatable bonds is 6. The number of non-ortho nitro benzene ring substituents is 1. The number of H-pyrrole nitrogens is 1. The lowest BCUT2D eigenvalue weighted by atomic mass is 9.99. The van der Waals surface area contributed by atoms with Crippen LogP contribution in [0.15, 0.2) is 69.3 Å². The van der Waals surface area contributed by atoms with E-state index >= 15 is 0 Å². The van der Waals surface area contributed by atoms with E-state index in [2.05, 4.69) is 15.5 Å². The van der Waals surface area contributed by atoms with Crippen molar-refractivity contribution >= 4 is 11.4 Å². The van der Waals surface area contributed by atoms with Crippen molar-refractivity contribution in [3.05, 3.63) is 102 Å². The minimum absolute atomic E-state index is 0.0529. The Morgan fingerprint density at radius 3 is 2.68 bits per heavy atom. The predicted octanol–water partition coefficient (Wildman–Crippen LogP) is 1.83. The van der Waals surface area contributed by atoms with Crippen LogP contribution in [0.1, 0.15) is 29.2 Å². The van der Waals surface area contributed by atoms with Gasteiger partial charge in [-0.2, -0.15) is 5.10 Å². The van der Waals surface area contributed by atoms with E-state index in [0.717, 1.165) is 10.1 Å². The number of nitrogens with zero attached hydrogens (tertiary/aromatic N) is 3. The van der Waals surface area contributed by atoms with Crippen LogP contribution in [0.5, 0.6) is 5.88 Å². The number of nitro benzene ring substituents is 1. The van der Waals surface area contributed by atoms with Gasteiger partial charge in [0.1, 0.15) is 5.56 Å². The standard InChI is InChI=1S/C21H19N5O5/c27-19-18(17-12-16(23-24-17)14-7-4-8-15(11-14)26(30)31)20(28)25(21(29)22-19)10-9-13-5-2-1-3-6-13/h1-8,11,16,23,28H,9-10,12H2,(H,22,27,29)/t16-/m0/s1. The molecule has 3 aromatic rings. The Kier molecular flexibility index (Phi) is 5.35. The first kappa shape index (κ1) is 20.1. The van der Waals surface area contributed by atoms with E-state index in [0.29, 0.717) is 12.0 Å². The van der Waals surface area contributed by atoms with Gasteiger partial charge in [-0.15, -0.1) is 0 Å². The van der Waals surface area contributed by atoms with Crippen LogP contribution in [0.2, 0.25) is 0 Å². The van der Waals surface area contributed by atoms with Crippen LogP contribution >= 0.6 is 0 Å². The average molecular weight is 421 g/mol. The molecule has 2 aromatic carbocycles. The summed E-state index contributed by atoms with van der Waals surface area (Å²) < 4.78 is 1.10. The number of aromatic amines is 1. The summed E-state index contributed by atoms with van der Waals surface area (Å²) in [5, 5.41) is 25.9. The molecule has 1 atom stereocenters. The zero-order valence-corrected chi connectivity index (χ0v) is 16.3. The van der Waals surface area contributed by atoms with Crippen LogP contribution in [0, 0.1) is 10.1 Å². The van der Waals surface area contributed by atoms with Crippen molar-refractivity contribution in [2.24, 2.45) is 5.10 Å². The summed E-state index contributed by atoms with van der Waals surface area (Å²) in [5.41, 5.74) is 3.14. The Bertz CT molecular complexity index is 1280. The number of benzene rings is 2. The Morgan fingerprint density at radius 2 is 1.94 bits per heavy atom. The number of nitrogens with one attached hydrogen (secondary N) is 2. The minimum atomic E-state index is -0.737. The van der Waals surface area contributed by atoms with Crippen LogP contribution in [0.4, 0.5) is 5.69 Å². The fourth-order valence-corrected chi connectivity index (χ4v) is 3.56. The summed E-state index contributed by atoms with van der Waals surface area (Å²) in [6.45, 7) is 0.174. The first-order valence-electron chi connectivity index (χ1n) is 9.61.